The van der Waals surface area contributed by atoms with Crippen molar-refractivity contribution in [2.75, 3.05) is 0 Å². The van der Waals surface area contributed by atoms with Crippen molar-refractivity contribution < 1.29 is 9.90 Å². The lowest BCUT2D eigenvalue weighted by molar-refractivity contribution is -0.109. The van der Waals surface area contributed by atoms with Gasteiger partial charge in [0, 0.05) is 5.57 Å². The van der Waals surface area contributed by atoms with Crippen molar-refractivity contribution in [2.45, 2.75) is 13.8 Å². The Kier molecular flexibility index (Phi) is 4.39. The summed E-state index contributed by atoms with van der Waals surface area (Å²) < 4.78 is 1.05. The second-order valence-electron chi connectivity index (χ2n) is 6.89. The van der Waals surface area contributed by atoms with Crippen LogP contribution in [-0.2, 0) is 4.79 Å². The molecule has 1 aromatic heterocycles. The molecule has 1 heterocycles. The summed E-state index contributed by atoms with van der Waals surface area (Å²) in [6, 6.07) is 12.6. The number of rotatable bonds is 2. The summed E-state index contributed by atoms with van der Waals surface area (Å²) in [4.78, 5) is 39.7. The zero-order valence-corrected chi connectivity index (χ0v) is 15.9. The molecule has 2 aromatic carbocycles. The minimum atomic E-state index is -0.763. The van der Waals surface area contributed by atoms with Crippen LogP contribution >= 0.6 is 0 Å². The summed E-state index contributed by atoms with van der Waals surface area (Å²) in [6.07, 6.45) is 4.45. The zero-order valence-electron chi connectivity index (χ0n) is 15.9. The minimum Gasteiger partial charge on any atom is -0.494 e. The number of nitrogens with zero attached hydrogens (tertiary/aromatic N) is 1. The van der Waals surface area contributed by atoms with E-state index in [1.807, 2.05) is 32.0 Å². The number of carbonyl (C=O) groups is 1. The van der Waals surface area contributed by atoms with E-state index in [0.29, 0.717) is 11.3 Å². The first-order chi connectivity index (χ1) is 13.9. The van der Waals surface area contributed by atoms with Gasteiger partial charge in [0.2, 0.25) is 5.88 Å². The predicted molar refractivity (Wildman–Crippen MR) is 112 cm³/mol. The lowest BCUT2D eigenvalue weighted by atomic mass is 9.90. The topological polar surface area (TPSA) is 92.2 Å². The van der Waals surface area contributed by atoms with Crippen LogP contribution < -0.4 is 11.2 Å². The fraction of sp³-hybridized carbons (Fsp3) is 0.0870. The fourth-order valence-corrected chi connectivity index (χ4v) is 3.44. The number of hydrogen-bond donors (Lipinski definition) is 2. The number of H-pyrrole nitrogens is 1. The lowest BCUT2D eigenvalue weighted by Gasteiger charge is -2.15. The molecule has 4 rings (SSSR count). The molecule has 144 valence electrons. The number of ketones is 1. The van der Waals surface area contributed by atoms with Crippen LogP contribution in [0.1, 0.15) is 27.8 Å². The van der Waals surface area contributed by atoms with Crippen LogP contribution in [-0.4, -0.2) is 20.4 Å². The van der Waals surface area contributed by atoms with Crippen LogP contribution in [0.2, 0.25) is 0 Å². The first-order valence-electron chi connectivity index (χ1n) is 9.07. The third-order valence-corrected chi connectivity index (χ3v) is 5.16. The molecule has 0 saturated carbocycles. The molecule has 2 N–H and O–H groups in total. The van der Waals surface area contributed by atoms with Crippen LogP contribution in [0, 0.1) is 13.8 Å². The van der Waals surface area contributed by atoms with E-state index in [1.54, 1.807) is 30.3 Å². The van der Waals surface area contributed by atoms with Crippen molar-refractivity contribution in [3.63, 3.8) is 0 Å². The number of hydrogen-bond acceptors (Lipinski definition) is 4. The average Bonchev–Trinajstić information content (AvgIpc) is 2.69. The van der Waals surface area contributed by atoms with E-state index in [2.05, 4.69) is 4.98 Å². The summed E-state index contributed by atoms with van der Waals surface area (Å²) in [7, 11) is 0. The van der Waals surface area contributed by atoms with Gasteiger partial charge >= 0.3 is 5.69 Å². The molecule has 1 aliphatic carbocycles. The first-order valence-corrected chi connectivity index (χ1v) is 9.07. The summed E-state index contributed by atoms with van der Waals surface area (Å²) in [5.41, 5.74) is 2.27. The highest BCUT2D eigenvalue weighted by molar-refractivity contribution is 6.33. The molecule has 0 aliphatic heterocycles. The highest BCUT2D eigenvalue weighted by Gasteiger charge is 2.21. The fourth-order valence-electron chi connectivity index (χ4n) is 3.44. The number of carbonyl (C=O) groups excluding carboxylic acids is 1. The van der Waals surface area contributed by atoms with Crippen molar-refractivity contribution in [3.05, 3.63) is 97.2 Å². The van der Waals surface area contributed by atoms with Gasteiger partial charge in [-0.25, -0.2) is 9.36 Å². The summed E-state index contributed by atoms with van der Waals surface area (Å²) in [5, 5.41) is 10.9. The Morgan fingerprint density at radius 3 is 2.52 bits per heavy atom. The Morgan fingerprint density at radius 1 is 0.966 bits per heavy atom. The van der Waals surface area contributed by atoms with Gasteiger partial charge in [-0.3, -0.25) is 14.6 Å². The highest BCUT2D eigenvalue weighted by Crippen LogP contribution is 2.30. The zero-order chi connectivity index (χ0) is 20.7. The highest BCUT2D eigenvalue weighted by atomic mass is 16.3. The molecule has 0 bridgehead atoms. The van der Waals surface area contributed by atoms with E-state index >= 15 is 0 Å². The minimum absolute atomic E-state index is 0.154. The SMILES string of the molecule is Cc1cccc(-n2c(O)c(C=C3C(=O)C=Cc4ccccc43)c(=O)[nH]c2=O)c1C. The molecule has 3 aromatic rings. The number of aromatic hydroxyl groups is 1. The van der Waals surface area contributed by atoms with Crippen molar-refractivity contribution in [3.8, 4) is 11.6 Å². The molecule has 6 heteroatoms. The summed E-state index contributed by atoms with van der Waals surface area (Å²) >= 11 is 0. The third kappa shape index (κ3) is 3.04. The maximum absolute atomic E-state index is 12.5. The van der Waals surface area contributed by atoms with Gasteiger partial charge in [0.15, 0.2) is 5.78 Å². The van der Waals surface area contributed by atoms with Gasteiger partial charge in [-0.2, -0.15) is 0 Å². The van der Waals surface area contributed by atoms with E-state index in [-0.39, 0.29) is 16.9 Å². The van der Waals surface area contributed by atoms with E-state index in [1.165, 1.54) is 12.2 Å². The van der Waals surface area contributed by atoms with E-state index in [0.717, 1.165) is 21.3 Å². The number of benzene rings is 2. The van der Waals surface area contributed by atoms with Crippen LogP contribution in [0.3, 0.4) is 0 Å². The molecule has 0 spiro atoms. The molecular formula is C23H18N2O4. The molecular weight excluding hydrogens is 368 g/mol. The van der Waals surface area contributed by atoms with Crippen molar-refractivity contribution >= 4 is 23.5 Å². The van der Waals surface area contributed by atoms with Crippen molar-refractivity contribution in [2.24, 2.45) is 0 Å². The quantitative estimate of drug-likeness (QED) is 0.663. The predicted octanol–water partition coefficient (Wildman–Crippen LogP) is 2.98. The van der Waals surface area contributed by atoms with Crippen LogP contribution in [0.15, 0.2) is 58.1 Å². The Labute approximate surface area is 166 Å². The second kappa shape index (κ2) is 6.91. The van der Waals surface area contributed by atoms with Crippen LogP contribution in [0.25, 0.3) is 23.4 Å². The summed E-state index contributed by atoms with van der Waals surface area (Å²) in [6.45, 7) is 3.71. The van der Waals surface area contributed by atoms with Gasteiger partial charge in [-0.15, -0.1) is 0 Å². The smallest absolute Gasteiger partial charge is 0.335 e. The molecule has 1 aliphatic rings. The molecule has 0 amide bonds. The van der Waals surface area contributed by atoms with Gasteiger partial charge in [0.1, 0.15) is 5.56 Å². The molecule has 0 saturated heterocycles. The summed E-state index contributed by atoms with van der Waals surface area (Å²) in [5.74, 6) is -0.799. The number of aryl methyl sites for hydroxylation is 1. The molecule has 0 radical (unpaired) electrons. The number of nitrogens with one attached hydrogen (secondary N) is 1. The van der Waals surface area contributed by atoms with Crippen LogP contribution in [0.5, 0.6) is 5.88 Å². The Bertz CT molecular complexity index is 1340. The van der Waals surface area contributed by atoms with Crippen LogP contribution in [0.4, 0.5) is 0 Å². The maximum atomic E-state index is 12.5. The van der Waals surface area contributed by atoms with Gasteiger partial charge in [0.25, 0.3) is 5.56 Å². The Balaban J connectivity index is 2.00. The van der Waals surface area contributed by atoms with Crippen molar-refractivity contribution in [1.82, 2.24) is 9.55 Å². The monoisotopic (exact) mass is 386 g/mol. The van der Waals surface area contributed by atoms with Gasteiger partial charge < -0.3 is 5.11 Å². The number of allylic oxidation sites excluding steroid dienone is 2. The lowest BCUT2D eigenvalue weighted by Crippen LogP contribution is -2.31. The molecule has 0 atom stereocenters. The normalized spacial score (nSPS) is 14.3. The third-order valence-electron chi connectivity index (χ3n) is 5.16. The molecule has 0 unspecified atom stereocenters. The van der Waals surface area contributed by atoms with E-state index in [4.69, 9.17) is 0 Å². The Morgan fingerprint density at radius 2 is 1.72 bits per heavy atom. The molecule has 0 fully saturated rings. The van der Waals surface area contributed by atoms with Gasteiger partial charge in [-0.05, 0) is 54.3 Å². The molecule has 6 nitrogen and oxygen atoms in total. The second-order valence-corrected chi connectivity index (χ2v) is 6.89. The average molecular weight is 386 g/mol. The first kappa shape index (κ1) is 18.4. The number of aromatic amines is 1. The Hall–Kier alpha value is -3.93. The number of fused-ring (bicyclic) bond motifs is 1. The van der Waals surface area contributed by atoms with E-state index < -0.39 is 17.1 Å². The number of aromatic nitrogens is 2. The molecule has 29 heavy (non-hydrogen) atoms. The van der Waals surface area contributed by atoms with Gasteiger partial charge in [0.05, 0.1) is 5.69 Å². The maximum Gasteiger partial charge on any atom is 0.335 e. The largest absolute Gasteiger partial charge is 0.494 e. The van der Waals surface area contributed by atoms with Crippen molar-refractivity contribution in [1.29, 1.82) is 0 Å². The van der Waals surface area contributed by atoms with E-state index in [9.17, 15) is 19.5 Å². The van der Waals surface area contributed by atoms with Gasteiger partial charge in [-0.1, -0.05) is 42.5 Å². The standard InChI is InChI=1S/C23H18N2O4/c1-13-6-5-9-19(14(13)2)25-22(28)18(21(27)24-23(25)29)12-17-16-8-4-3-7-15(16)10-11-20(17)26/h3-12,28H,1-2H3,(H,24,27,29).